The van der Waals surface area contributed by atoms with Gasteiger partial charge in [0.05, 0.1) is 26.5 Å². The molecule has 2 aromatic carbocycles. The van der Waals surface area contributed by atoms with E-state index in [4.69, 9.17) is 14.2 Å². The molecule has 39 heavy (non-hydrogen) atoms. The Bertz CT molecular complexity index is 1240. The van der Waals surface area contributed by atoms with Crippen LogP contribution >= 0.6 is 27.3 Å². The van der Waals surface area contributed by atoms with Gasteiger partial charge in [0.1, 0.15) is 6.54 Å². The molecule has 0 aliphatic carbocycles. The molecule has 0 aliphatic heterocycles. The number of thiophene rings is 1. The summed E-state index contributed by atoms with van der Waals surface area (Å²) < 4.78 is 16.7. The van der Waals surface area contributed by atoms with Gasteiger partial charge in [-0.2, -0.15) is 0 Å². The van der Waals surface area contributed by atoms with E-state index in [2.05, 4.69) is 27.3 Å². The topological polar surface area (TPSA) is 80.3 Å². The first-order chi connectivity index (χ1) is 18.8. The molecule has 1 aromatic heterocycles. The minimum absolute atomic E-state index is 0.0453. The number of nitrogens with zero attached hydrogens (tertiary/aromatic N) is 2. The average molecular weight is 619 g/mol. The van der Waals surface area contributed by atoms with Crippen molar-refractivity contribution in [2.75, 3.05) is 52.9 Å². The number of carbonyl (C=O) groups excluding carboxylic acids is 2. The van der Waals surface area contributed by atoms with Crippen LogP contribution in [0.2, 0.25) is 0 Å². The lowest BCUT2D eigenvalue weighted by Gasteiger charge is -2.28. The van der Waals surface area contributed by atoms with Crippen LogP contribution in [0.1, 0.15) is 21.7 Å². The summed E-state index contributed by atoms with van der Waals surface area (Å²) in [7, 11) is 4.83. The van der Waals surface area contributed by atoms with Gasteiger partial charge in [0, 0.05) is 41.0 Å². The van der Waals surface area contributed by atoms with E-state index in [0.29, 0.717) is 56.3 Å². The summed E-state index contributed by atoms with van der Waals surface area (Å²) >= 11 is 5.14. The molecule has 10 heteroatoms. The van der Waals surface area contributed by atoms with Crippen molar-refractivity contribution in [3.63, 3.8) is 0 Å². The molecule has 3 rings (SSSR count). The van der Waals surface area contributed by atoms with E-state index in [1.165, 1.54) is 4.88 Å². The van der Waals surface area contributed by atoms with E-state index >= 15 is 0 Å². The van der Waals surface area contributed by atoms with Crippen molar-refractivity contribution in [2.45, 2.75) is 26.3 Å². The molecule has 0 radical (unpaired) electrons. The van der Waals surface area contributed by atoms with E-state index in [1.807, 2.05) is 60.4 Å². The quantitative estimate of drug-likeness (QED) is 0.225. The highest BCUT2D eigenvalue weighted by molar-refractivity contribution is 9.10. The maximum atomic E-state index is 13.7. The predicted molar refractivity (Wildman–Crippen MR) is 159 cm³/mol. The maximum Gasteiger partial charge on any atom is 0.322 e. The zero-order chi connectivity index (χ0) is 28.2. The fourth-order valence-electron chi connectivity index (χ4n) is 4.02. The highest BCUT2D eigenvalue weighted by atomic mass is 79.9. The third-order valence-electron chi connectivity index (χ3n) is 6.12. The second-order valence-electron chi connectivity index (χ2n) is 8.94. The van der Waals surface area contributed by atoms with Crippen molar-refractivity contribution in [1.29, 1.82) is 0 Å². The van der Waals surface area contributed by atoms with E-state index < -0.39 is 0 Å². The molecule has 0 aliphatic rings. The molecule has 8 nitrogen and oxygen atoms in total. The number of methoxy groups -OCH3 is 3. The minimum Gasteiger partial charge on any atom is -0.493 e. The Morgan fingerprint density at radius 2 is 1.72 bits per heavy atom. The minimum atomic E-state index is -0.335. The predicted octanol–water partition coefficient (Wildman–Crippen LogP) is 5.98. The van der Waals surface area contributed by atoms with Crippen molar-refractivity contribution in [1.82, 2.24) is 9.80 Å². The van der Waals surface area contributed by atoms with Gasteiger partial charge in [0.15, 0.2) is 11.5 Å². The van der Waals surface area contributed by atoms with Crippen LogP contribution in [0, 0.1) is 6.92 Å². The molecule has 1 N–H and O–H groups in total. The fraction of sp³-hybridized carbons (Fsp3) is 0.379. The number of rotatable bonds is 14. The zero-order valence-corrected chi connectivity index (χ0v) is 25.3. The number of urea groups is 1. The molecule has 1 heterocycles. The van der Waals surface area contributed by atoms with E-state index in [1.54, 1.807) is 37.6 Å². The van der Waals surface area contributed by atoms with Gasteiger partial charge in [-0.1, -0.05) is 18.2 Å². The summed E-state index contributed by atoms with van der Waals surface area (Å²) in [6.45, 7) is 3.84. The van der Waals surface area contributed by atoms with Gasteiger partial charge in [-0.15, -0.1) is 11.3 Å². The molecule has 3 aromatic rings. The lowest BCUT2D eigenvalue weighted by molar-refractivity contribution is -0.132. The SMILES string of the molecule is COCCCN(CC(=O)N(CCc1ccc(OC)c(OC)c1)Cc1ccc(C)s1)C(=O)Nc1ccccc1Br. The van der Waals surface area contributed by atoms with E-state index in [-0.39, 0.29) is 18.5 Å². The van der Waals surface area contributed by atoms with Crippen LogP contribution in [0.4, 0.5) is 10.5 Å². The number of ether oxygens (including phenoxy) is 3. The molecule has 0 bridgehead atoms. The molecule has 0 saturated carbocycles. The van der Waals surface area contributed by atoms with Crippen LogP contribution < -0.4 is 14.8 Å². The van der Waals surface area contributed by atoms with Crippen LogP contribution in [0.5, 0.6) is 11.5 Å². The molecule has 0 fully saturated rings. The maximum absolute atomic E-state index is 13.7. The van der Waals surface area contributed by atoms with Gasteiger partial charge in [-0.3, -0.25) is 4.79 Å². The second kappa shape index (κ2) is 15.5. The van der Waals surface area contributed by atoms with Gasteiger partial charge in [0.2, 0.25) is 5.91 Å². The Morgan fingerprint density at radius 1 is 0.949 bits per heavy atom. The van der Waals surface area contributed by atoms with Gasteiger partial charge >= 0.3 is 6.03 Å². The Morgan fingerprint density at radius 3 is 2.38 bits per heavy atom. The third-order valence-corrected chi connectivity index (χ3v) is 7.80. The van der Waals surface area contributed by atoms with Crippen molar-refractivity contribution in [3.8, 4) is 11.5 Å². The summed E-state index contributed by atoms with van der Waals surface area (Å²) in [5, 5.41) is 2.92. The number of benzene rings is 2. The van der Waals surface area contributed by atoms with Crippen molar-refractivity contribution < 1.29 is 23.8 Å². The summed E-state index contributed by atoms with van der Waals surface area (Å²) in [4.78, 5) is 32.6. The number of para-hydroxylation sites is 1. The first kappa shape index (κ1) is 30.5. The third kappa shape index (κ3) is 9.26. The fourth-order valence-corrected chi connectivity index (χ4v) is 5.31. The van der Waals surface area contributed by atoms with Crippen molar-refractivity contribution in [3.05, 3.63) is 74.4 Å². The lowest BCUT2D eigenvalue weighted by Crippen LogP contribution is -2.45. The van der Waals surface area contributed by atoms with Crippen molar-refractivity contribution >= 4 is 44.9 Å². The summed E-state index contributed by atoms with van der Waals surface area (Å²) in [6.07, 6.45) is 1.24. The highest BCUT2D eigenvalue weighted by Gasteiger charge is 2.23. The number of amides is 3. The van der Waals surface area contributed by atoms with Gasteiger partial charge in [-0.25, -0.2) is 4.79 Å². The smallest absolute Gasteiger partial charge is 0.322 e. The number of nitrogens with one attached hydrogen (secondary N) is 1. The Kier molecular flexibility index (Phi) is 12.1. The number of hydrogen-bond acceptors (Lipinski definition) is 6. The largest absolute Gasteiger partial charge is 0.493 e. The van der Waals surface area contributed by atoms with Crippen LogP contribution in [0.25, 0.3) is 0 Å². The molecular weight excluding hydrogens is 582 g/mol. The second-order valence-corrected chi connectivity index (χ2v) is 11.2. The summed E-state index contributed by atoms with van der Waals surface area (Å²) in [5.41, 5.74) is 1.67. The molecular formula is C29H36BrN3O5S. The first-order valence-electron chi connectivity index (χ1n) is 12.7. The molecule has 0 unspecified atom stereocenters. The van der Waals surface area contributed by atoms with Crippen LogP contribution in [-0.2, 0) is 22.5 Å². The standard InChI is InChI=1S/C29H36BrN3O5S/c1-21-10-12-23(39-21)19-32(16-14-22-11-13-26(37-3)27(18-22)38-4)28(34)20-33(15-7-17-36-2)29(35)31-25-9-6-5-8-24(25)30/h5-6,8-13,18H,7,14-17,19-20H2,1-4H3,(H,31,35). The zero-order valence-electron chi connectivity index (χ0n) is 22.9. The van der Waals surface area contributed by atoms with Crippen molar-refractivity contribution in [2.24, 2.45) is 0 Å². The van der Waals surface area contributed by atoms with Gasteiger partial charge in [0.25, 0.3) is 0 Å². The Balaban J connectivity index is 1.77. The molecule has 210 valence electrons. The number of halogens is 1. The number of anilines is 1. The van der Waals surface area contributed by atoms with E-state index in [9.17, 15) is 9.59 Å². The number of hydrogen-bond donors (Lipinski definition) is 1. The summed E-state index contributed by atoms with van der Waals surface area (Å²) in [5.74, 6) is 1.18. The highest BCUT2D eigenvalue weighted by Crippen LogP contribution is 2.28. The van der Waals surface area contributed by atoms with Crippen LogP contribution in [-0.4, -0.2) is 69.3 Å². The van der Waals surface area contributed by atoms with Crippen LogP contribution in [0.3, 0.4) is 0 Å². The van der Waals surface area contributed by atoms with E-state index in [0.717, 1.165) is 14.9 Å². The molecule has 0 spiro atoms. The Labute approximate surface area is 243 Å². The normalized spacial score (nSPS) is 10.7. The van der Waals surface area contributed by atoms with Gasteiger partial charge in [-0.05, 0) is 77.7 Å². The molecule has 0 atom stereocenters. The monoisotopic (exact) mass is 617 g/mol. The first-order valence-corrected chi connectivity index (χ1v) is 14.3. The lowest BCUT2D eigenvalue weighted by atomic mass is 10.1. The molecule has 3 amide bonds. The van der Waals surface area contributed by atoms with Crippen LogP contribution in [0.15, 0.2) is 59.1 Å². The average Bonchev–Trinajstić information content (AvgIpc) is 3.35. The number of aryl methyl sites for hydroxylation is 1. The summed E-state index contributed by atoms with van der Waals surface area (Å²) in [6, 6.07) is 16.9. The number of carbonyl (C=O) groups is 2. The Hall–Kier alpha value is -3.08. The van der Waals surface area contributed by atoms with Gasteiger partial charge < -0.3 is 29.3 Å². The molecule has 0 saturated heterocycles.